The first-order valence-electron chi connectivity index (χ1n) is 11.2. The monoisotopic (exact) mass is 461 g/mol. The van der Waals surface area contributed by atoms with E-state index in [1.165, 1.54) is 0 Å². The minimum atomic E-state index is -1.40. The Hall–Kier alpha value is -3.56. The van der Waals surface area contributed by atoms with Crippen molar-refractivity contribution < 1.29 is 18.8 Å². The number of benzene rings is 2. The fraction of sp³-hybridized carbons (Fsp3) is 0.320. The minimum absolute atomic E-state index is 0.0897. The van der Waals surface area contributed by atoms with Gasteiger partial charge in [0, 0.05) is 30.0 Å². The molecule has 34 heavy (non-hydrogen) atoms. The molecule has 0 bridgehead atoms. The van der Waals surface area contributed by atoms with Crippen LogP contribution in [0.4, 0.5) is 10.1 Å². The molecule has 9 heteroatoms. The van der Waals surface area contributed by atoms with E-state index >= 15 is 0 Å². The number of ether oxygens (including phenoxy) is 1. The van der Waals surface area contributed by atoms with Crippen molar-refractivity contribution in [2.75, 3.05) is 31.2 Å². The zero-order valence-electron chi connectivity index (χ0n) is 18.7. The largest absolute Gasteiger partial charge is 0.389 e. The standard InChI is InChI=1S/C25H24FN5O3/c1-16-9-22(28-31(16)11-17-3-2-4-20(10-17)30-12-21(32)13-30)24-27-23(29-34-24)18-5-7-19(8-6-18)25(26)14-33-15-25/h2-10,21,32H,11-15H2,1H3. The van der Waals surface area contributed by atoms with Crippen LogP contribution in [0.15, 0.2) is 59.1 Å². The number of aromatic nitrogens is 4. The maximum atomic E-state index is 14.5. The third kappa shape index (κ3) is 3.76. The number of nitrogens with zero attached hydrogens (tertiary/aromatic N) is 5. The van der Waals surface area contributed by atoms with Crippen LogP contribution >= 0.6 is 0 Å². The van der Waals surface area contributed by atoms with Gasteiger partial charge in [-0.1, -0.05) is 41.6 Å². The first-order valence-corrected chi connectivity index (χ1v) is 11.2. The molecule has 2 saturated heterocycles. The van der Waals surface area contributed by atoms with Gasteiger partial charge < -0.3 is 19.3 Å². The normalized spacial score (nSPS) is 17.4. The molecule has 4 aromatic rings. The molecule has 0 spiro atoms. The molecule has 2 aromatic carbocycles. The Morgan fingerprint density at radius 2 is 1.91 bits per heavy atom. The lowest BCUT2D eigenvalue weighted by Crippen LogP contribution is -2.50. The van der Waals surface area contributed by atoms with Gasteiger partial charge in [0.2, 0.25) is 5.82 Å². The molecular formula is C25H24FN5O3. The number of halogens is 1. The van der Waals surface area contributed by atoms with Crippen LogP contribution in [-0.2, 0) is 17.0 Å². The van der Waals surface area contributed by atoms with Gasteiger partial charge in [-0.3, -0.25) is 4.68 Å². The van der Waals surface area contributed by atoms with Crippen molar-refractivity contribution in [3.05, 3.63) is 71.4 Å². The third-order valence-electron chi connectivity index (χ3n) is 6.42. The Morgan fingerprint density at radius 1 is 1.12 bits per heavy atom. The van der Waals surface area contributed by atoms with Crippen LogP contribution in [0.25, 0.3) is 23.0 Å². The van der Waals surface area contributed by atoms with Crippen LogP contribution in [-0.4, -0.2) is 57.4 Å². The molecule has 2 fully saturated rings. The van der Waals surface area contributed by atoms with E-state index in [1.807, 2.05) is 23.7 Å². The lowest BCUT2D eigenvalue weighted by molar-refractivity contribution is -0.135. The van der Waals surface area contributed by atoms with Crippen LogP contribution in [0.5, 0.6) is 0 Å². The highest BCUT2D eigenvalue weighted by Gasteiger charge is 2.40. The smallest absolute Gasteiger partial charge is 0.278 e. The Bertz CT molecular complexity index is 1320. The molecule has 2 aromatic heterocycles. The summed E-state index contributed by atoms with van der Waals surface area (Å²) >= 11 is 0. The van der Waals surface area contributed by atoms with Crippen molar-refractivity contribution in [1.82, 2.24) is 19.9 Å². The zero-order chi connectivity index (χ0) is 23.3. The predicted molar refractivity (Wildman–Crippen MR) is 123 cm³/mol. The summed E-state index contributed by atoms with van der Waals surface area (Å²) in [6.07, 6.45) is -0.241. The summed E-state index contributed by atoms with van der Waals surface area (Å²) < 4.78 is 26.9. The Balaban J connectivity index is 1.19. The number of aliphatic hydroxyl groups excluding tert-OH is 1. The Labute approximate surface area is 195 Å². The average molecular weight is 461 g/mol. The van der Waals surface area contributed by atoms with E-state index in [1.54, 1.807) is 24.3 Å². The van der Waals surface area contributed by atoms with Gasteiger partial charge in [-0.05, 0) is 36.2 Å². The Morgan fingerprint density at radius 3 is 2.62 bits per heavy atom. The summed E-state index contributed by atoms with van der Waals surface area (Å²) in [5.41, 5.74) is 3.72. The Kier molecular flexibility index (Phi) is 4.96. The zero-order valence-corrected chi connectivity index (χ0v) is 18.7. The van der Waals surface area contributed by atoms with Gasteiger partial charge in [-0.25, -0.2) is 4.39 Å². The van der Waals surface area contributed by atoms with E-state index in [9.17, 15) is 9.50 Å². The molecule has 1 N–H and O–H groups in total. The van der Waals surface area contributed by atoms with E-state index in [2.05, 4.69) is 38.3 Å². The number of hydrogen-bond acceptors (Lipinski definition) is 7. The summed E-state index contributed by atoms with van der Waals surface area (Å²) in [5.74, 6) is 0.759. The van der Waals surface area contributed by atoms with E-state index in [4.69, 9.17) is 9.26 Å². The lowest BCUT2D eigenvalue weighted by atomic mass is 9.93. The average Bonchev–Trinajstić information content (AvgIpc) is 3.43. The lowest BCUT2D eigenvalue weighted by Gasteiger charge is -2.38. The number of anilines is 1. The van der Waals surface area contributed by atoms with Gasteiger partial charge >= 0.3 is 0 Å². The molecule has 4 heterocycles. The summed E-state index contributed by atoms with van der Waals surface area (Å²) in [4.78, 5) is 6.65. The highest BCUT2D eigenvalue weighted by atomic mass is 19.1. The van der Waals surface area contributed by atoms with Gasteiger partial charge in [0.05, 0.1) is 25.9 Å². The molecule has 0 radical (unpaired) electrons. The topological polar surface area (TPSA) is 89.4 Å². The van der Waals surface area contributed by atoms with E-state index in [0.717, 1.165) is 22.5 Å². The first-order chi connectivity index (χ1) is 16.5. The number of aryl methyl sites for hydroxylation is 1. The summed E-state index contributed by atoms with van der Waals surface area (Å²) in [6.45, 7) is 4.10. The molecule has 0 amide bonds. The summed E-state index contributed by atoms with van der Waals surface area (Å²) in [5, 5.41) is 18.3. The van der Waals surface area contributed by atoms with Crippen LogP contribution in [0.3, 0.4) is 0 Å². The highest BCUT2D eigenvalue weighted by molar-refractivity contribution is 5.59. The second kappa shape index (κ2) is 8.03. The van der Waals surface area contributed by atoms with Crippen molar-refractivity contribution in [2.24, 2.45) is 0 Å². The molecule has 8 nitrogen and oxygen atoms in total. The number of aliphatic hydroxyl groups is 1. The number of alkyl halides is 1. The maximum absolute atomic E-state index is 14.5. The van der Waals surface area contributed by atoms with Crippen LogP contribution in [0, 0.1) is 6.92 Å². The van der Waals surface area contributed by atoms with Crippen LogP contribution in [0.1, 0.15) is 16.8 Å². The number of hydrogen-bond donors (Lipinski definition) is 1. The fourth-order valence-electron chi connectivity index (χ4n) is 4.28. The molecule has 6 rings (SSSR count). The third-order valence-corrected chi connectivity index (χ3v) is 6.42. The molecule has 0 saturated carbocycles. The van der Waals surface area contributed by atoms with Crippen molar-refractivity contribution in [2.45, 2.75) is 25.2 Å². The van der Waals surface area contributed by atoms with Crippen molar-refractivity contribution in [3.8, 4) is 23.0 Å². The molecule has 0 atom stereocenters. The fourth-order valence-corrected chi connectivity index (χ4v) is 4.28. The van der Waals surface area contributed by atoms with E-state index in [-0.39, 0.29) is 19.3 Å². The van der Waals surface area contributed by atoms with Gasteiger partial charge in [0.15, 0.2) is 11.4 Å². The van der Waals surface area contributed by atoms with Gasteiger partial charge in [0.1, 0.15) is 0 Å². The SMILES string of the molecule is Cc1cc(-c2nc(-c3ccc(C4(F)COC4)cc3)no2)nn1Cc1cccc(N2CC(O)C2)c1. The second-order valence-corrected chi connectivity index (χ2v) is 9.02. The van der Waals surface area contributed by atoms with Crippen LogP contribution < -0.4 is 4.90 Å². The maximum Gasteiger partial charge on any atom is 0.278 e. The summed E-state index contributed by atoms with van der Waals surface area (Å²) in [6, 6.07) is 17.2. The van der Waals surface area contributed by atoms with E-state index < -0.39 is 5.67 Å². The highest BCUT2D eigenvalue weighted by Crippen LogP contribution is 2.34. The van der Waals surface area contributed by atoms with Crippen molar-refractivity contribution >= 4 is 5.69 Å². The number of β-amino-alcohol motifs (C(OH)–C–C–N with tert-alkyl or cyclic N) is 1. The van der Waals surface area contributed by atoms with Crippen molar-refractivity contribution in [1.29, 1.82) is 0 Å². The molecule has 0 aliphatic carbocycles. The van der Waals surface area contributed by atoms with Crippen molar-refractivity contribution in [3.63, 3.8) is 0 Å². The quantitative estimate of drug-likeness (QED) is 0.471. The number of rotatable bonds is 6. The molecular weight excluding hydrogens is 437 g/mol. The van der Waals surface area contributed by atoms with Crippen LogP contribution in [0.2, 0.25) is 0 Å². The van der Waals surface area contributed by atoms with Gasteiger partial charge in [0.25, 0.3) is 5.89 Å². The van der Waals surface area contributed by atoms with Gasteiger partial charge in [-0.15, -0.1) is 0 Å². The van der Waals surface area contributed by atoms with Gasteiger partial charge in [-0.2, -0.15) is 10.1 Å². The predicted octanol–water partition coefficient (Wildman–Crippen LogP) is 3.33. The molecule has 174 valence electrons. The van der Waals surface area contributed by atoms with E-state index in [0.29, 0.717) is 42.6 Å². The minimum Gasteiger partial charge on any atom is -0.389 e. The first kappa shape index (κ1) is 21.0. The second-order valence-electron chi connectivity index (χ2n) is 9.02. The molecule has 2 aliphatic heterocycles. The summed E-state index contributed by atoms with van der Waals surface area (Å²) in [7, 11) is 0. The molecule has 0 unspecified atom stereocenters. The molecule has 2 aliphatic rings.